The number of halogens is 1. The molecule has 0 amide bonds. The normalized spacial score (nSPS) is 11.2. The van der Waals surface area contributed by atoms with E-state index in [2.05, 4.69) is 0 Å². The third-order valence-electron chi connectivity index (χ3n) is 1.80. The van der Waals surface area contributed by atoms with Gasteiger partial charge in [-0.05, 0) is 13.8 Å². The highest BCUT2D eigenvalue weighted by Crippen LogP contribution is 2.31. The van der Waals surface area contributed by atoms with E-state index in [0.29, 0.717) is 0 Å². The second kappa shape index (κ2) is 5.16. The van der Waals surface area contributed by atoms with Crippen LogP contribution in [0.25, 0.3) is 0 Å². The second-order valence-corrected chi connectivity index (χ2v) is 6.40. The van der Waals surface area contributed by atoms with Crippen LogP contribution in [0.2, 0.25) is 0 Å². The van der Waals surface area contributed by atoms with Gasteiger partial charge in [0.05, 0.1) is 17.0 Å². The van der Waals surface area contributed by atoms with Crippen molar-refractivity contribution in [2.75, 3.05) is 6.61 Å². The van der Waals surface area contributed by atoms with Crippen LogP contribution in [-0.4, -0.2) is 26.8 Å². The lowest BCUT2D eigenvalue weighted by Gasteiger charge is -2.02. The van der Waals surface area contributed by atoms with Gasteiger partial charge in [-0.2, -0.15) is 0 Å². The van der Waals surface area contributed by atoms with Crippen molar-refractivity contribution in [1.29, 1.82) is 0 Å². The maximum atomic E-state index is 11.5. The second-order valence-electron chi connectivity index (χ2n) is 3.02. The fourth-order valence-corrected chi connectivity index (χ4v) is 3.95. The summed E-state index contributed by atoms with van der Waals surface area (Å²) in [5, 5.41) is 1.25. The molecule has 0 fully saturated rings. The number of ether oxygens (including phenoxy) is 1. The van der Waals surface area contributed by atoms with E-state index in [1.165, 1.54) is 12.3 Å². The number of ketones is 1. The van der Waals surface area contributed by atoms with E-state index in [9.17, 15) is 18.0 Å². The molecule has 1 rings (SSSR count). The van der Waals surface area contributed by atoms with Crippen molar-refractivity contribution in [2.45, 2.75) is 18.7 Å². The molecule has 0 atom stereocenters. The van der Waals surface area contributed by atoms with E-state index in [0.717, 1.165) is 11.3 Å². The molecule has 0 aromatic carbocycles. The van der Waals surface area contributed by atoms with Crippen molar-refractivity contribution in [2.24, 2.45) is 0 Å². The summed E-state index contributed by atoms with van der Waals surface area (Å²) in [5.74, 6) is -1.28. The van der Waals surface area contributed by atoms with Crippen LogP contribution in [-0.2, 0) is 13.8 Å². The standard InChI is InChI=1S/C9H9ClO5S2/c1-3-15-9(12)6-4-16-7(5(2)11)8(6)17(10,13)14/h4H,3H2,1-2H3. The Kier molecular flexibility index (Phi) is 4.29. The Morgan fingerprint density at radius 2 is 2.06 bits per heavy atom. The van der Waals surface area contributed by atoms with Crippen LogP contribution < -0.4 is 0 Å². The van der Waals surface area contributed by atoms with E-state index < -0.39 is 25.7 Å². The fraction of sp³-hybridized carbons (Fsp3) is 0.333. The van der Waals surface area contributed by atoms with Gasteiger partial charge in [-0.15, -0.1) is 11.3 Å². The summed E-state index contributed by atoms with van der Waals surface area (Å²) in [6, 6.07) is 0. The maximum absolute atomic E-state index is 11.5. The van der Waals surface area contributed by atoms with Gasteiger partial charge in [0.2, 0.25) is 0 Å². The summed E-state index contributed by atoms with van der Waals surface area (Å²) >= 11 is 0.851. The van der Waals surface area contributed by atoms with Crippen molar-refractivity contribution < 1.29 is 22.7 Å². The lowest BCUT2D eigenvalue weighted by molar-refractivity contribution is 0.0522. The molecule has 17 heavy (non-hydrogen) atoms. The summed E-state index contributed by atoms with van der Waals surface area (Å²) in [5.41, 5.74) is -0.197. The minimum atomic E-state index is -4.17. The lowest BCUT2D eigenvalue weighted by atomic mass is 10.2. The van der Waals surface area contributed by atoms with Crippen LogP contribution in [0, 0.1) is 0 Å². The first-order valence-electron chi connectivity index (χ1n) is 4.53. The van der Waals surface area contributed by atoms with Crippen molar-refractivity contribution in [3.05, 3.63) is 15.8 Å². The van der Waals surface area contributed by atoms with Gasteiger partial charge < -0.3 is 4.74 Å². The molecule has 0 saturated heterocycles. The summed E-state index contributed by atoms with van der Waals surface area (Å²) in [7, 11) is 1.05. The Morgan fingerprint density at radius 3 is 2.47 bits per heavy atom. The molecule has 1 heterocycles. The Labute approximate surface area is 107 Å². The minimum Gasteiger partial charge on any atom is -0.462 e. The average molecular weight is 297 g/mol. The molecule has 0 radical (unpaired) electrons. The summed E-state index contributed by atoms with van der Waals surface area (Å²) < 4.78 is 27.4. The quantitative estimate of drug-likeness (QED) is 0.483. The van der Waals surface area contributed by atoms with E-state index in [1.807, 2.05) is 0 Å². The SMILES string of the molecule is CCOC(=O)c1csc(C(C)=O)c1S(=O)(=O)Cl. The molecule has 0 aliphatic rings. The minimum absolute atomic E-state index is 0.0666. The van der Waals surface area contributed by atoms with E-state index >= 15 is 0 Å². The molecule has 1 aromatic heterocycles. The van der Waals surface area contributed by atoms with Crippen molar-refractivity contribution in [1.82, 2.24) is 0 Å². The number of hydrogen-bond acceptors (Lipinski definition) is 6. The fourth-order valence-electron chi connectivity index (χ4n) is 1.18. The van der Waals surface area contributed by atoms with Gasteiger partial charge >= 0.3 is 5.97 Å². The lowest BCUT2D eigenvalue weighted by Crippen LogP contribution is -2.09. The first-order chi connectivity index (χ1) is 7.79. The number of carbonyl (C=O) groups excluding carboxylic acids is 2. The van der Waals surface area contributed by atoms with Crippen LogP contribution in [0.15, 0.2) is 10.3 Å². The molecule has 1 aromatic rings. The van der Waals surface area contributed by atoms with Crippen LogP contribution >= 0.6 is 22.0 Å². The zero-order valence-electron chi connectivity index (χ0n) is 9.02. The highest BCUT2D eigenvalue weighted by atomic mass is 35.7. The van der Waals surface area contributed by atoms with E-state index in [-0.39, 0.29) is 17.0 Å². The van der Waals surface area contributed by atoms with E-state index in [1.54, 1.807) is 6.92 Å². The van der Waals surface area contributed by atoms with Crippen LogP contribution in [0.5, 0.6) is 0 Å². The molecule has 0 aliphatic heterocycles. The van der Waals surface area contributed by atoms with E-state index in [4.69, 9.17) is 15.4 Å². The molecule has 0 aliphatic carbocycles. The highest BCUT2D eigenvalue weighted by molar-refractivity contribution is 8.14. The molecular formula is C9H9ClO5S2. The zero-order chi connectivity index (χ0) is 13.2. The summed E-state index contributed by atoms with van der Waals surface area (Å²) in [4.78, 5) is 22.2. The predicted molar refractivity (Wildman–Crippen MR) is 63.3 cm³/mol. The van der Waals surface area contributed by atoms with Gasteiger partial charge in [-0.1, -0.05) is 0 Å². The number of esters is 1. The Morgan fingerprint density at radius 1 is 1.47 bits per heavy atom. The Hall–Kier alpha value is -0.920. The predicted octanol–water partition coefficient (Wildman–Crippen LogP) is 2.05. The smallest absolute Gasteiger partial charge is 0.340 e. The highest BCUT2D eigenvalue weighted by Gasteiger charge is 2.29. The molecular weight excluding hydrogens is 288 g/mol. The number of carbonyl (C=O) groups is 2. The number of rotatable bonds is 4. The molecule has 0 N–H and O–H groups in total. The monoisotopic (exact) mass is 296 g/mol. The van der Waals surface area contributed by atoms with Crippen molar-refractivity contribution in [3.8, 4) is 0 Å². The summed E-state index contributed by atoms with van der Waals surface area (Å²) in [6.45, 7) is 2.89. The molecule has 5 nitrogen and oxygen atoms in total. The molecule has 0 bridgehead atoms. The van der Waals surface area contributed by atoms with Gasteiger partial charge in [0.15, 0.2) is 5.78 Å². The summed E-state index contributed by atoms with van der Waals surface area (Å²) in [6.07, 6.45) is 0. The first kappa shape index (κ1) is 14.1. The van der Waals surface area contributed by atoms with Crippen LogP contribution in [0.1, 0.15) is 33.9 Å². The van der Waals surface area contributed by atoms with Crippen molar-refractivity contribution >= 4 is 42.8 Å². The van der Waals surface area contributed by atoms with Gasteiger partial charge in [0.1, 0.15) is 4.90 Å². The number of thiophene rings is 1. The van der Waals surface area contributed by atoms with Crippen molar-refractivity contribution in [3.63, 3.8) is 0 Å². The van der Waals surface area contributed by atoms with Gasteiger partial charge in [-0.3, -0.25) is 4.79 Å². The molecule has 0 spiro atoms. The van der Waals surface area contributed by atoms with Gasteiger partial charge in [0.25, 0.3) is 9.05 Å². The maximum Gasteiger partial charge on any atom is 0.340 e. The molecule has 8 heteroatoms. The van der Waals surface area contributed by atoms with Crippen LogP contribution in [0.3, 0.4) is 0 Å². The molecule has 0 unspecified atom stereocenters. The first-order valence-corrected chi connectivity index (χ1v) is 7.72. The number of Topliss-reactive ketones (excluding diaryl/α,β-unsaturated/α-hetero) is 1. The van der Waals surface area contributed by atoms with Gasteiger partial charge in [0, 0.05) is 16.1 Å². The Balaban J connectivity index is 3.44. The Bertz CT molecular complexity index is 558. The van der Waals surface area contributed by atoms with Crippen LogP contribution in [0.4, 0.5) is 0 Å². The third kappa shape index (κ3) is 3.05. The number of hydrogen-bond donors (Lipinski definition) is 0. The third-order valence-corrected chi connectivity index (χ3v) is 4.39. The largest absolute Gasteiger partial charge is 0.462 e. The topological polar surface area (TPSA) is 77.5 Å². The zero-order valence-corrected chi connectivity index (χ0v) is 11.4. The molecule has 94 valence electrons. The average Bonchev–Trinajstić information content (AvgIpc) is 2.61. The molecule has 0 saturated carbocycles. The van der Waals surface area contributed by atoms with Gasteiger partial charge in [-0.25, -0.2) is 13.2 Å².